The van der Waals surface area contributed by atoms with Crippen LogP contribution in [-0.4, -0.2) is 12.7 Å². The Balaban J connectivity index is 2.15. The van der Waals surface area contributed by atoms with Crippen molar-refractivity contribution in [2.45, 2.75) is 52.4 Å². The summed E-state index contributed by atoms with van der Waals surface area (Å²) in [5.41, 5.74) is 0.771. The lowest BCUT2D eigenvalue weighted by Gasteiger charge is -2.14. The number of para-hydroxylation sites is 1. The van der Waals surface area contributed by atoms with Crippen molar-refractivity contribution in [2.75, 3.05) is 11.9 Å². The quantitative estimate of drug-likeness (QED) is 0.627. The molecule has 1 N–H and O–H groups in total. The van der Waals surface area contributed by atoms with E-state index in [4.69, 9.17) is 4.74 Å². The minimum Gasteiger partial charge on any atom is -0.449 e. The van der Waals surface area contributed by atoms with Crippen molar-refractivity contribution < 1.29 is 9.53 Å². The van der Waals surface area contributed by atoms with Crippen LogP contribution in [0.2, 0.25) is 0 Å². The molecule has 0 saturated heterocycles. The van der Waals surface area contributed by atoms with Gasteiger partial charge in [-0.3, -0.25) is 5.32 Å². The van der Waals surface area contributed by atoms with Gasteiger partial charge in [0.05, 0.1) is 6.61 Å². The Morgan fingerprint density at radius 1 is 1.10 bits per heavy atom. The van der Waals surface area contributed by atoms with Gasteiger partial charge in [0.2, 0.25) is 0 Å². The molecule has 0 bridgehead atoms. The first-order chi connectivity index (χ1) is 9.76. The van der Waals surface area contributed by atoms with E-state index >= 15 is 0 Å². The molecule has 0 spiro atoms. The van der Waals surface area contributed by atoms with Crippen LogP contribution in [0, 0.1) is 5.92 Å². The molecule has 112 valence electrons. The van der Waals surface area contributed by atoms with Gasteiger partial charge < -0.3 is 4.74 Å². The summed E-state index contributed by atoms with van der Waals surface area (Å²) < 4.78 is 5.20. The van der Waals surface area contributed by atoms with Gasteiger partial charge in [0, 0.05) is 5.69 Å². The van der Waals surface area contributed by atoms with Gasteiger partial charge in [-0.05, 0) is 30.9 Å². The first-order valence-electron chi connectivity index (χ1n) is 7.75. The zero-order chi connectivity index (χ0) is 14.6. The third kappa shape index (κ3) is 7.17. The summed E-state index contributed by atoms with van der Waals surface area (Å²) in [5, 5.41) is 2.72. The van der Waals surface area contributed by atoms with Crippen LogP contribution < -0.4 is 5.32 Å². The molecular weight excluding hydrogens is 250 g/mol. The van der Waals surface area contributed by atoms with Crippen LogP contribution in [0.4, 0.5) is 10.5 Å². The van der Waals surface area contributed by atoms with Crippen molar-refractivity contribution in [3.63, 3.8) is 0 Å². The molecule has 0 aliphatic heterocycles. The van der Waals surface area contributed by atoms with Gasteiger partial charge in [-0.15, -0.1) is 0 Å². The number of carbonyl (C=O) groups is 1. The molecule has 0 aromatic heterocycles. The number of benzene rings is 1. The average Bonchev–Trinajstić information content (AvgIpc) is 2.45. The Labute approximate surface area is 122 Å². The molecule has 0 aliphatic rings. The van der Waals surface area contributed by atoms with Gasteiger partial charge in [0.1, 0.15) is 0 Å². The molecule has 0 radical (unpaired) electrons. The van der Waals surface area contributed by atoms with Crippen molar-refractivity contribution >= 4 is 11.8 Å². The molecule has 0 fully saturated rings. The van der Waals surface area contributed by atoms with Crippen LogP contribution in [-0.2, 0) is 4.74 Å². The maximum Gasteiger partial charge on any atom is 0.411 e. The number of amides is 1. The van der Waals surface area contributed by atoms with E-state index in [9.17, 15) is 4.79 Å². The predicted molar refractivity (Wildman–Crippen MR) is 84.0 cm³/mol. The SMILES string of the molecule is CCCC(CCC)CCCOC(=O)Nc1ccccc1. The van der Waals surface area contributed by atoms with Crippen molar-refractivity contribution in [1.82, 2.24) is 0 Å². The molecule has 0 saturated carbocycles. The van der Waals surface area contributed by atoms with Crippen LogP contribution in [0.1, 0.15) is 52.4 Å². The van der Waals surface area contributed by atoms with Crippen LogP contribution in [0.25, 0.3) is 0 Å². The van der Waals surface area contributed by atoms with Gasteiger partial charge in [0.15, 0.2) is 0 Å². The van der Waals surface area contributed by atoms with E-state index in [1.54, 1.807) is 0 Å². The highest BCUT2D eigenvalue weighted by Crippen LogP contribution is 2.19. The second-order valence-corrected chi connectivity index (χ2v) is 5.21. The molecule has 1 rings (SSSR count). The predicted octanol–water partition coefficient (Wildman–Crippen LogP) is 5.23. The Bertz CT molecular complexity index is 359. The lowest BCUT2D eigenvalue weighted by molar-refractivity contribution is 0.156. The van der Waals surface area contributed by atoms with Crippen molar-refractivity contribution in [1.29, 1.82) is 0 Å². The van der Waals surface area contributed by atoms with Crippen LogP contribution in [0.5, 0.6) is 0 Å². The maximum absolute atomic E-state index is 11.6. The molecule has 3 heteroatoms. The number of carbonyl (C=O) groups excluding carboxylic acids is 1. The number of anilines is 1. The number of nitrogens with one attached hydrogen (secondary N) is 1. The van der Waals surface area contributed by atoms with Gasteiger partial charge in [-0.2, -0.15) is 0 Å². The molecular formula is C17H27NO2. The third-order valence-corrected chi connectivity index (χ3v) is 3.40. The van der Waals surface area contributed by atoms with Crippen LogP contribution in [0.15, 0.2) is 30.3 Å². The van der Waals surface area contributed by atoms with E-state index in [0.717, 1.165) is 24.4 Å². The van der Waals surface area contributed by atoms with E-state index in [-0.39, 0.29) is 6.09 Å². The van der Waals surface area contributed by atoms with Crippen molar-refractivity contribution in [3.05, 3.63) is 30.3 Å². The zero-order valence-corrected chi connectivity index (χ0v) is 12.7. The van der Waals surface area contributed by atoms with Gasteiger partial charge in [-0.25, -0.2) is 4.79 Å². The molecule has 0 unspecified atom stereocenters. The van der Waals surface area contributed by atoms with Crippen molar-refractivity contribution in [3.8, 4) is 0 Å². The van der Waals surface area contributed by atoms with Gasteiger partial charge in [0.25, 0.3) is 0 Å². The van der Waals surface area contributed by atoms with E-state index in [2.05, 4.69) is 19.2 Å². The lowest BCUT2D eigenvalue weighted by Crippen LogP contribution is -2.14. The number of ether oxygens (including phenoxy) is 1. The van der Waals surface area contributed by atoms with E-state index in [1.807, 2.05) is 30.3 Å². The summed E-state index contributed by atoms with van der Waals surface area (Å²) in [7, 11) is 0. The summed E-state index contributed by atoms with van der Waals surface area (Å²) in [4.78, 5) is 11.6. The van der Waals surface area contributed by atoms with Gasteiger partial charge >= 0.3 is 6.09 Å². The summed E-state index contributed by atoms with van der Waals surface area (Å²) in [6, 6.07) is 9.38. The number of rotatable bonds is 9. The van der Waals surface area contributed by atoms with E-state index < -0.39 is 0 Å². The summed E-state index contributed by atoms with van der Waals surface area (Å²) in [6.45, 7) is 4.96. The lowest BCUT2D eigenvalue weighted by atomic mass is 9.93. The maximum atomic E-state index is 11.6. The summed E-state index contributed by atoms with van der Waals surface area (Å²) in [6.07, 6.45) is 6.78. The highest BCUT2D eigenvalue weighted by Gasteiger charge is 2.07. The fourth-order valence-corrected chi connectivity index (χ4v) is 2.46. The Morgan fingerprint density at radius 2 is 1.75 bits per heavy atom. The minimum absolute atomic E-state index is 0.362. The molecule has 1 amide bonds. The largest absolute Gasteiger partial charge is 0.449 e. The summed E-state index contributed by atoms with van der Waals surface area (Å²) >= 11 is 0. The Morgan fingerprint density at radius 3 is 2.35 bits per heavy atom. The number of hydrogen-bond acceptors (Lipinski definition) is 2. The summed E-state index contributed by atoms with van der Waals surface area (Å²) in [5.74, 6) is 0.783. The highest BCUT2D eigenvalue weighted by atomic mass is 16.5. The second-order valence-electron chi connectivity index (χ2n) is 5.21. The fraction of sp³-hybridized carbons (Fsp3) is 0.588. The number of hydrogen-bond donors (Lipinski definition) is 1. The average molecular weight is 277 g/mol. The molecule has 0 aliphatic carbocycles. The van der Waals surface area contributed by atoms with Crippen molar-refractivity contribution in [2.24, 2.45) is 5.92 Å². The highest BCUT2D eigenvalue weighted by molar-refractivity contribution is 5.84. The Hall–Kier alpha value is -1.51. The van der Waals surface area contributed by atoms with E-state index in [0.29, 0.717) is 6.61 Å². The van der Waals surface area contributed by atoms with Gasteiger partial charge in [-0.1, -0.05) is 57.7 Å². The van der Waals surface area contributed by atoms with Crippen LogP contribution >= 0.6 is 0 Å². The monoisotopic (exact) mass is 277 g/mol. The van der Waals surface area contributed by atoms with Crippen LogP contribution in [0.3, 0.4) is 0 Å². The first-order valence-corrected chi connectivity index (χ1v) is 7.75. The fourth-order valence-electron chi connectivity index (χ4n) is 2.46. The standard InChI is InChI=1S/C17H27NO2/c1-3-9-15(10-4-2)11-8-14-20-17(19)18-16-12-6-5-7-13-16/h5-7,12-13,15H,3-4,8-11,14H2,1-2H3,(H,18,19). The molecule has 1 aromatic rings. The minimum atomic E-state index is -0.362. The molecule has 20 heavy (non-hydrogen) atoms. The third-order valence-electron chi connectivity index (χ3n) is 3.40. The molecule has 0 atom stereocenters. The second kappa shape index (κ2) is 10.3. The van der Waals surface area contributed by atoms with E-state index in [1.165, 1.54) is 25.7 Å². The normalized spacial score (nSPS) is 10.6. The Kier molecular flexibility index (Phi) is 8.52. The zero-order valence-electron chi connectivity index (χ0n) is 12.7. The first kappa shape index (κ1) is 16.5. The topological polar surface area (TPSA) is 38.3 Å². The molecule has 0 heterocycles. The molecule has 1 aromatic carbocycles. The smallest absolute Gasteiger partial charge is 0.411 e. The molecule has 3 nitrogen and oxygen atoms in total.